The second-order valence-corrected chi connectivity index (χ2v) is 10.3. The summed E-state index contributed by atoms with van der Waals surface area (Å²) in [5.74, 6) is -0.182. The Balaban J connectivity index is 1.23. The number of thiophene rings is 1. The van der Waals surface area contributed by atoms with Crippen LogP contribution in [0.5, 0.6) is 0 Å². The number of benzene rings is 1. The highest BCUT2D eigenvalue weighted by molar-refractivity contribution is 7.18. The molecule has 1 aromatic carbocycles. The lowest BCUT2D eigenvalue weighted by Crippen LogP contribution is -2.46. The second-order valence-electron chi connectivity index (χ2n) is 9.09. The number of amides is 1. The van der Waals surface area contributed by atoms with E-state index in [1.165, 1.54) is 17.0 Å². The van der Waals surface area contributed by atoms with Crippen molar-refractivity contribution in [2.24, 2.45) is 5.41 Å². The molecule has 3 fully saturated rings. The third-order valence-corrected chi connectivity index (χ3v) is 8.09. The van der Waals surface area contributed by atoms with Crippen molar-refractivity contribution in [1.29, 1.82) is 0 Å². The van der Waals surface area contributed by atoms with Gasteiger partial charge < -0.3 is 4.90 Å². The van der Waals surface area contributed by atoms with Gasteiger partial charge in [0.15, 0.2) is 0 Å². The Bertz CT molecular complexity index is 1200. The number of aromatic nitrogens is 2. The van der Waals surface area contributed by atoms with Gasteiger partial charge in [0.25, 0.3) is 0 Å². The molecule has 0 saturated carbocycles. The zero-order chi connectivity index (χ0) is 22.0. The lowest BCUT2D eigenvalue weighted by molar-refractivity contribution is -0.143. The van der Waals surface area contributed by atoms with Gasteiger partial charge in [0.2, 0.25) is 5.91 Å². The van der Waals surface area contributed by atoms with Crippen molar-refractivity contribution in [3.05, 3.63) is 52.7 Å². The molecule has 0 radical (unpaired) electrons. The van der Waals surface area contributed by atoms with Gasteiger partial charge in [-0.2, -0.15) is 0 Å². The van der Waals surface area contributed by atoms with Gasteiger partial charge in [-0.05, 0) is 49.9 Å². The number of rotatable bonds is 2. The number of hydrogen-bond acceptors (Lipinski definition) is 6. The number of hydrogen-bond donors (Lipinski definition) is 0. The summed E-state index contributed by atoms with van der Waals surface area (Å²) < 4.78 is 27.6. The van der Waals surface area contributed by atoms with E-state index in [1.54, 1.807) is 22.7 Å². The maximum atomic E-state index is 13.8. The number of hydrazine groups is 1. The summed E-state index contributed by atoms with van der Waals surface area (Å²) in [5.41, 5.74) is 0.0848. The van der Waals surface area contributed by atoms with Crippen LogP contribution < -0.4 is 4.90 Å². The SMILES string of the molecule is Cc1cc2c(N3CCC4(CC3)CN3CC[C@@H](c5cc(F)cc(F)c5)N3C4=O)ncnc2s1. The van der Waals surface area contributed by atoms with Gasteiger partial charge in [-0.3, -0.25) is 9.80 Å². The van der Waals surface area contributed by atoms with Crippen LogP contribution in [0.15, 0.2) is 30.6 Å². The van der Waals surface area contributed by atoms with Crippen LogP contribution in [0.1, 0.15) is 35.7 Å². The molecule has 2 aromatic heterocycles. The van der Waals surface area contributed by atoms with Crippen LogP contribution in [-0.4, -0.2) is 52.1 Å². The number of fused-ring (bicyclic) bond motifs is 2. The van der Waals surface area contributed by atoms with E-state index in [0.29, 0.717) is 18.5 Å². The average molecular weight is 456 g/mol. The molecule has 32 heavy (non-hydrogen) atoms. The minimum Gasteiger partial charge on any atom is -0.356 e. The molecule has 0 aliphatic carbocycles. The Hall–Kier alpha value is -2.65. The molecule has 5 heterocycles. The Labute approximate surface area is 188 Å². The van der Waals surface area contributed by atoms with Crippen molar-refractivity contribution in [1.82, 2.24) is 20.0 Å². The fourth-order valence-corrected chi connectivity index (χ4v) is 6.43. The molecule has 166 valence electrons. The molecule has 0 unspecified atom stereocenters. The summed E-state index contributed by atoms with van der Waals surface area (Å²) in [6, 6.07) is 5.40. The van der Waals surface area contributed by atoms with E-state index in [9.17, 15) is 13.6 Å². The minimum atomic E-state index is -0.604. The van der Waals surface area contributed by atoms with Crippen molar-refractivity contribution < 1.29 is 13.6 Å². The molecule has 1 amide bonds. The molecule has 3 aliphatic rings. The highest BCUT2D eigenvalue weighted by Gasteiger charge is 2.56. The van der Waals surface area contributed by atoms with Gasteiger partial charge in [0, 0.05) is 37.1 Å². The summed E-state index contributed by atoms with van der Waals surface area (Å²) in [6.07, 6.45) is 3.77. The van der Waals surface area contributed by atoms with Gasteiger partial charge in [0.05, 0.1) is 16.8 Å². The fraction of sp³-hybridized carbons (Fsp3) is 0.435. The summed E-state index contributed by atoms with van der Waals surface area (Å²) in [4.78, 5) is 27.0. The molecule has 0 bridgehead atoms. The van der Waals surface area contributed by atoms with Crippen LogP contribution in [0, 0.1) is 24.0 Å². The Morgan fingerprint density at radius 1 is 1.06 bits per heavy atom. The molecule has 3 aliphatic heterocycles. The maximum absolute atomic E-state index is 13.8. The first kappa shape index (κ1) is 20.0. The second kappa shape index (κ2) is 7.18. The van der Waals surface area contributed by atoms with Crippen LogP contribution in [0.25, 0.3) is 10.2 Å². The molecular formula is C23H23F2N5OS. The molecule has 0 N–H and O–H groups in total. The minimum absolute atomic E-state index is 0.0866. The third kappa shape index (κ3) is 3.02. The Morgan fingerprint density at radius 3 is 2.56 bits per heavy atom. The van der Waals surface area contributed by atoms with Crippen LogP contribution in [0.2, 0.25) is 0 Å². The van der Waals surface area contributed by atoms with E-state index in [4.69, 9.17) is 0 Å². The van der Waals surface area contributed by atoms with E-state index in [1.807, 2.05) is 0 Å². The molecule has 6 rings (SSSR count). The molecule has 9 heteroatoms. The van der Waals surface area contributed by atoms with Gasteiger partial charge in [-0.1, -0.05) is 0 Å². The summed E-state index contributed by atoms with van der Waals surface area (Å²) in [6.45, 7) is 4.95. The first-order chi connectivity index (χ1) is 15.4. The van der Waals surface area contributed by atoms with E-state index in [2.05, 4.69) is 32.9 Å². The van der Waals surface area contributed by atoms with Gasteiger partial charge in [0.1, 0.15) is 28.6 Å². The molecular weight excluding hydrogens is 432 g/mol. The van der Waals surface area contributed by atoms with Crippen LogP contribution in [0.3, 0.4) is 0 Å². The maximum Gasteiger partial charge on any atom is 0.245 e. The topological polar surface area (TPSA) is 52.6 Å². The molecule has 3 saturated heterocycles. The Morgan fingerprint density at radius 2 is 1.81 bits per heavy atom. The van der Waals surface area contributed by atoms with E-state index in [-0.39, 0.29) is 11.9 Å². The number of piperidine rings is 1. The van der Waals surface area contributed by atoms with Crippen molar-refractivity contribution in [3.63, 3.8) is 0 Å². The largest absolute Gasteiger partial charge is 0.356 e. The Kier molecular flexibility index (Phi) is 4.49. The summed E-state index contributed by atoms with van der Waals surface area (Å²) in [5, 5.41) is 4.92. The van der Waals surface area contributed by atoms with Crippen LogP contribution in [-0.2, 0) is 4.79 Å². The quantitative estimate of drug-likeness (QED) is 0.583. The van der Waals surface area contributed by atoms with Gasteiger partial charge in [-0.15, -0.1) is 11.3 Å². The van der Waals surface area contributed by atoms with E-state index >= 15 is 0 Å². The lowest BCUT2D eigenvalue weighted by Gasteiger charge is -2.38. The zero-order valence-electron chi connectivity index (χ0n) is 17.7. The number of carbonyl (C=O) groups excluding carboxylic acids is 1. The van der Waals surface area contributed by atoms with Crippen molar-refractivity contribution >= 4 is 33.3 Å². The number of carbonyl (C=O) groups is 1. The van der Waals surface area contributed by atoms with Crippen LogP contribution >= 0.6 is 11.3 Å². The predicted octanol–water partition coefficient (Wildman–Crippen LogP) is 4.07. The fourth-order valence-electron chi connectivity index (χ4n) is 5.59. The van der Waals surface area contributed by atoms with Crippen LogP contribution in [0.4, 0.5) is 14.6 Å². The van der Waals surface area contributed by atoms with Crippen molar-refractivity contribution in [2.45, 2.75) is 32.2 Å². The molecule has 3 aromatic rings. The summed E-state index contributed by atoms with van der Waals surface area (Å²) >= 11 is 1.66. The van der Waals surface area contributed by atoms with Gasteiger partial charge >= 0.3 is 0 Å². The highest BCUT2D eigenvalue weighted by Crippen LogP contribution is 2.48. The molecule has 6 nitrogen and oxygen atoms in total. The first-order valence-corrected chi connectivity index (χ1v) is 11.8. The van der Waals surface area contributed by atoms with Crippen molar-refractivity contribution in [2.75, 3.05) is 31.1 Å². The predicted molar refractivity (Wildman–Crippen MR) is 118 cm³/mol. The normalized spacial score (nSPS) is 23.0. The van der Waals surface area contributed by atoms with E-state index < -0.39 is 17.0 Å². The molecule has 1 spiro atoms. The smallest absolute Gasteiger partial charge is 0.245 e. The summed E-state index contributed by atoms with van der Waals surface area (Å²) in [7, 11) is 0. The number of halogens is 2. The standard InChI is InChI=1S/C23H23F2N5OS/c1-14-8-18-20(26-13-27-21(18)32-14)28-6-3-23(4-7-28)12-29-5-2-19(30(29)22(23)31)15-9-16(24)11-17(25)10-15/h8-11,13,19H,2-7,12H2,1H3/t19-/m0/s1. The monoisotopic (exact) mass is 455 g/mol. The number of aryl methyl sites for hydroxylation is 1. The lowest BCUT2D eigenvalue weighted by atomic mass is 9.77. The van der Waals surface area contributed by atoms with Crippen molar-refractivity contribution in [3.8, 4) is 0 Å². The van der Waals surface area contributed by atoms with Gasteiger partial charge in [-0.25, -0.2) is 23.8 Å². The van der Waals surface area contributed by atoms with E-state index in [0.717, 1.165) is 54.6 Å². The number of nitrogens with zero attached hydrogens (tertiary/aromatic N) is 5. The first-order valence-electron chi connectivity index (χ1n) is 10.9. The third-order valence-electron chi connectivity index (χ3n) is 7.13. The number of anilines is 1. The zero-order valence-corrected chi connectivity index (χ0v) is 18.5. The highest BCUT2D eigenvalue weighted by atomic mass is 32.1. The average Bonchev–Trinajstić information content (AvgIpc) is 3.41. The molecule has 1 atom stereocenters.